The molecule has 102 valence electrons. The normalized spacial score (nSPS) is 11.0. The predicted molar refractivity (Wildman–Crippen MR) is 84.6 cm³/mol. The van der Waals surface area contributed by atoms with Crippen LogP contribution in [0.2, 0.25) is 0 Å². The van der Waals surface area contributed by atoms with Crippen LogP contribution in [-0.2, 0) is 0 Å². The molecule has 0 saturated heterocycles. The predicted octanol–water partition coefficient (Wildman–Crippen LogP) is 3.85. The lowest BCUT2D eigenvalue weighted by atomic mass is 10.1. The van der Waals surface area contributed by atoms with Gasteiger partial charge in [0.1, 0.15) is 11.6 Å². The highest BCUT2D eigenvalue weighted by Gasteiger charge is 2.14. The number of nitrogens with zero attached hydrogens (tertiary/aromatic N) is 2. The van der Waals surface area contributed by atoms with Crippen LogP contribution in [0.15, 0.2) is 30.5 Å². The lowest BCUT2D eigenvalue weighted by Crippen LogP contribution is -2.33. The van der Waals surface area contributed by atoms with Crippen LogP contribution in [0, 0.1) is 0 Å². The summed E-state index contributed by atoms with van der Waals surface area (Å²) in [5.41, 5.74) is 0. The maximum absolute atomic E-state index is 5.28. The molecule has 0 fully saturated rings. The summed E-state index contributed by atoms with van der Waals surface area (Å²) < 4.78 is 5.28. The molecule has 0 N–H and O–H groups in total. The summed E-state index contributed by atoms with van der Waals surface area (Å²) in [7, 11) is 1.69. The van der Waals surface area contributed by atoms with E-state index in [2.05, 4.69) is 45.7 Å². The van der Waals surface area contributed by atoms with Crippen molar-refractivity contribution in [1.82, 2.24) is 4.98 Å². The van der Waals surface area contributed by atoms with Gasteiger partial charge in [-0.2, -0.15) is 0 Å². The number of ether oxygens (including phenoxy) is 1. The lowest BCUT2D eigenvalue weighted by molar-refractivity contribution is 0.415. The fourth-order valence-electron chi connectivity index (χ4n) is 2.20. The quantitative estimate of drug-likeness (QED) is 0.782. The van der Waals surface area contributed by atoms with Crippen molar-refractivity contribution < 1.29 is 4.74 Å². The van der Waals surface area contributed by atoms with Crippen molar-refractivity contribution in [2.24, 2.45) is 0 Å². The first kappa shape index (κ1) is 14.1. The van der Waals surface area contributed by atoms with Crippen molar-refractivity contribution in [1.29, 1.82) is 0 Å². The molecule has 0 aliphatic heterocycles. The van der Waals surface area contributed by atoms with Gasteiger partial charge in [0.25, 0.3) is 0 Å². The van der Waals surface area contributed by atoms with Crippen molar-refractivity contribution in [2.75, 3.05) is 23.9 Å². The highest BCUT2D eigenvalue weighted by Crippen LogP contribution is 2.28. The molecule has 19 heavy (non-hydrogen) atoms. The first-order chi connectivity index (χ1) is 9.17. The Bertz CT molecular complexity index is 557. The topological polar surface area (TPSA) is 25.4 Å². The van der Waals surface area contributed by atoms with Gasteiger partial charge in [0.15, 0.2) is 0 Å². The van der Waals surface area contributed by atoms with Gasteiger partial charge in [0.2, 0.25) is 0 Å². The van der Waals surface area contributed by atoms with Gasteiger partial charge in [-0.1, -0.05) is 15.9 Å². The maximum Gasteiger partial charge on any atom is 0.136 e. The van der Waals surface area contributed by atoms with E-state index in [4.69, 9.17) is 4.74 Å². The molecule has 0 spiro atoms. The monoisotopic (exact) mass is 322 g/mol. The van der Waals surface area contributed by atoms with Crippen LogP contribution in [0.25, 0.3) is 10.8 Å². The minimum Gasteiger partial charge on any atom is -0.497 e. The smallest absolute Gasteiger partial charge is 0.136 e. The molecule has 2 aromatic rings. The number of anilines is 1. The van der Waals surface area contributed by atoms with Crippen molar-refractivity contribution >= 4 is 32.5 Å². The van der Waals surface area contributed by atoms with Crippen LogP contribution < -0.4 is 9.64 Å². The van der Waals surface area contributed by atoms with Gasteiger partial charge in [-0.3, -0.25) is 0 Å². The number of benzene rings is 1. The zero-order chi connectivity index (χ0) is 13.8. The Balaban J connectivity index is 2.53. The summed E-state index contributed by atoms with van der Waals surface area (Å²) >= 11 is 3.51. The molecule has 0 bridgehead atoms. The van der Waals surface area contributed by atoms with Crippen LogP contribution in [0.1, 0.15) is 13.8 Å². The number of halogens is 1. The van der Waals surface area contributed by atoms with E-state index in [-0.39, 0.29) is 0 Å². The van der Waals surface area contributed by atoms with Crippen LogP contribution in [0.4, 0.5) is 5.82 Å². The Labute approximate surface area is 122 Å². The zero-order valence-corrected chi connectivity index (χ0v) is 13.1. The third kappa shape index (κ3) is 3.00. The van der Waals surface area contributed by atoms with E-state index >= 15 is 0 Å². The SMILES string of the molecule is COc1ccc2c(N(CCBr)C(C)C)nccc2c1. The Hall–Kier alpha value is -1.29. The van der Waals surface area contributed by atoms with Gasteiger partial charge < -0.3 is 9.64 Å². The zero-order valence-electron chi connectivity index (χ0n) is 11.6. The standard InChI is InChI=1S/C15H19BrN2O/c1-11(2)18(9-7-16)15-14-5-4-13(19-3)10-12(14)6-8-17-15/h4-6,8,10-11H,7,9H2,1-3H3. The molecule has 0 aliphatic rings. The summed E-state index contributed by atoms with van der Waals surface area (Å²) in [4.78, 5) is 6.88. The van der Waals surface area contributed by atoms with Crippen LogP contribution in [0.3, 0.4) is 0 Å². The number of alkyl halides is 1. The summed E-state index contributed by atoms with van der Waals surface area (Å²) in [6.45, 7) is 5.31. The van der Waals surface area contributed by atoms with Crippen LogP contribution >= 0.6 is 15.9 Å². The van der Waals surface area contributed by atoms with Crippen molar-refractivity contribution in [3.05, 3.63) is 30.5 Å². The largest absolute Gasteiger partial charge is 0.497 e. The molecular formula is C15H19BrN2O. The summed E-state index contributed by atoms with van der Waals surface area (Å²) in [5, 5.41) is 3.25. The molecule has 1 aromatic carbocycles. The molecule has 0 aliphatic carbocycles. The maximum atomic E-state index is 5.28. The van der Waals surface area contributed by atoms with E-state index in [9.17, 15) is 0 Å². The third-order valence-electron chi connectivity index (χ3n) is 3.17. The van der Waals surface area contributed by atoms with Gasteiger partial charge in [-0.05, 0) is 43.5 Å². The molecule has 4 heteroatoms. The van der Waals surface area contributed by atoms with Crippen molar-refractivity contribution in [2.45, 2.75) is 19.9 Å². The van der Waals surface area contributed by atoms with E-state index < -0.39 is 0 Å². The molecule has 0 amide bonds. The van der Waals surface area contributed by atoms with Gasteiger partial charge in [-0.15, -0.1) is 0 Å². The average Bonchev–Trinajstić information content (AvgIpc) is 2.43. The van der Waals surface area contributed by atoms with Crippen LogP contribution in [0.5, 0.6) is 5.75 Å². The molecular weight excluding hydrogens is 304 g/mol. The first-order valence-corrected chi connectivity index (χ1v) is 7.55. The molecule has 2 rings (SSSR count). The highest BCUT2D eigenvalue weighted by atomic mass is 79.9. The first-order valence-electron chi connectivity index (χ1n) is 6.42. The number of pyridine rings is 1. The molecule has 0 atom stereocenters. The Kier molecular flexibility index (Phi) is 4.64. The van der Waals surface area contributed by atoms with Gasteiger partial charge in [-0.25, -0.2) is 4.98 Å². The van der Waals surface area contributed by atoms with Crippen molar-refractivity contribution in [3.8, 4) is 5.75 Å². The third-order valence-corrected chi connectivity index (χ3v) is 3.53. The Morgan fingerprint density at radius 1 is 1.32 bits per heavy atom. The highest BCUT2D eigenvalue weighted by molar-refractivity contribution is 9.09. The van der Waals surface area contributed by atoms with Gasteiger partial charge in [0, 0.05) is 29.5 Å². The number of hydrogen-bond donors (Lipinski definition) is 0. The summed E-state index contributed by atoms with van der Waals surface area (Å²) in [6.07, 6.45) is 1.86. The fraction of sp³-hybridized carbons (Fsp3) is 0.400. The number of rotatable bonds is 5. The Morgan fingerprint density at radius 2 is 2.11 bits per heavy atom. The summed E-state index contributed by atoms with van der Waals surface area (Å²) in [5.74, 6) is 1.91. The number of fused-ring (bicyclic) bond motifs is 1. The second kappa shape index (κ2) is 6.24. The molecule has 1 aromatic heterocycles. The number of aromatic nitrogens is 1. The minimum atomic E-state index is 0.415. The minimum absolute atomic E-state index is 0.415. The van der Waals surface area contributed by atoms with E-state index in [1.54, 1.807) is 7.11 Å². The van der Waals surface area contributed by atoms with Crippen LogP contribution in [-0.4, -0.2) is 30.0 Å². The second-order valence-corrected chi connectivity index (χ2v) is 5.49. The van der Waals surface area contributed by atoms with Gasteiger partial charge in [0.05, 0.1) is 7.11 Å². The second-order valence-electron chi connectivity index (χ2n) is 4.70. The summed E-state index contributed by atoms with van der Waals surface area (Å²) in [6, 6.07) is 8.55. The molecule has 1 heterocycles. The fourth-order valence-corrected chi connectivity index (χ4v) is 2.58. The molecule has 0 unspecified atom stereocenters. The van der Waals surface area contributed by atoms with E-state index in [0.29, 0.717) is 6.04 Å². The molecule has 0 radical (unpaired) electrons. The van der Waals surface area contributed by atoms with E-state index in [1.807, 2.05) is 24.4 Å². The van der Waals surface area contributed by atoms with Crippen molar-refractivity contribution in [3.63, 3.8) is 0 Å². The molecule has 0 saturated carbocycles. The molecule has 3 nitrogen and oxygen atoms in total. The van der Waals surface area contributed by atoms with E-state index in [1.165, 1.54) is 0 Å². The average molecular weight is 323 g/mol. The van der Waals surface area contributed by atoms with E-state index in [0.717, 1.165) is 34.2 Å². The number of methoxy groups -OCH3 is 1. The Morgan fingerprint density at radius 3 is 2.74 bits per heavy atom. The van der Waals surface area contributed by atoms with Gasteiger partial charge >= 0.3 is 0 Å². The lowest BCUT2D eigenvalue weighted by Gasteiger charge is -2.28. The number of hydrogen-bond acceptors (Lipinski definition) is 3.